The zero-order chi connectivity index (χ0) is 20.1. The molecule has 0 fully saturated rings. The van der Waals surface area contributed by atoms with Crippen LogP contribution in [0.4, 0.5) is 17.2 Å². The lowest BCUT2D eigenvalue weighted by Gasteiger charge is -2.30. The highest BCUT2D eigenvalue weighted by Gasteiger charge is 2.44. The number of quaternary nitrogens is 1. The van der Waals surface area contributed by atoms with Crippen molar-refractivity contribution in [1.82, 2.24) is 9.58 Å². The second-order valence-corrected chi connectivity index (χ2v) is 7.11. The molecule has 0 saturated carbocycles. The summed E-state index contributed by atoms with van der Waals surface area (Å²) in [6.45, 7) is 8.98. The fourth-order valence-electron chi connectivity index (χ4n) is 3.53. The van der Waals surface area contributed by atoms with E-state index in [-0.39, 0.29) is 4.59 Å². The van der Waals surface area contributed by atoms with Gasteiger partial charge in [0.1, 0.15) is 13.2 Å². The number of aromatic nitrogens is 1. The Morgan fingerprint density at radius 1 is 1.18 bits per heavy atom. The van der Waals surface area contributed by atoms with Crippen LogP contribution in [0.25, 0.3) is 0 Å². The molecule has 0 amide bonds. The molecule has 1 aliphatic heterocycles. The van der Waals surface area contributed by atoms with Gasteiger partial charge >= 0.3 is 0 Å². The zero-order valence-electron chi connectivity index (χ0n) is 17.0. The highest BCUT2D eigenvalue weighted by atomic mass is 16.5. The summed E-state index contributed by atoms with van der Waals surface area (Å²) >= 11 is 0. The Kier molecular flexibility index (Phi) is 6.41. The Labute approximate surface area is 167 Å². The van der Waals surface area contributed by atoms with Crippen LogP contribution in [-0.4, -0.2) is 37.1 Å². The number of aliphatic imine (C=N–C) groups is 1. The molecule has 2 aromatic rings. The molecule has 0 aliphatic carbocycles. The zero-order valence-corrected chi connectivity index (χ0v) is 17.0. The van der Waals surface area contributed by atoms with E-state index in [1.54, 1.807) is 0 Å². The predicted octanol–water partition coefficient (Wildman–Crippen LogP) is 2.92. The monoisotopic (exact) mass is 383 g/mol. The minimum absolute atomic E-state index is 0.141. The Morgan fingerprint density at radius 3 is 2.61 bits per heavy atom. The minimum Gasteiger partial charge on any atom is -0.369 e. The van der Waals surface area contributed by atoms with Crippen LogP contribution in [0.1, 0.15) is 30.2 Å². The SMILES string of the molecule is CCOCC1=Nc2c(NCc3ccccc3)nc(C)c(C)c2[N+]1(N)CCCN. The summed E-state index contributed by atoms with van der Waals surface area (Å²) in [5.41, 5.74) is 10.8. The van der Waals surface area contributed by atoms with Gasteiger partial charge < -0.3 is 15.8 Å². The predicted molar refractivity (Wildman–Crippen MR) is 116 cm³/mol. The molecule has 0 radical (unpaired) electrons. The Morgan fingerprint density at radius 2 is 1.93 bits per heavy atom. The molecule has 1 aromatic carbocycles. The maximum absolute atomic E-state index is 6.90. The molecule has 150 valence electrons. The van der Waals surface area contributed by atoms with E-state index >= 15 is 0 Å². The van der Waals surface area contributed by atoms with Crippen molar-refractivity contribution < 1.29 is 4.74 Å². The molecule has 0 bridgehead atoms. The molecule has 0 spiro atoms. The molecular formula is C21H31N6O+. The number of pyridine rings is 1. The maximum Gasteiger partial charge on any atom is 0.254 e. The summed E-state index contributed by atoms with van der Waals surface area (Å²) in [4.78, 5) is 9.65. The number of anilines is 1. The second kappa shape index (κ2) is 8.79. The number of fused-ring (bicyclic) bond motifs is 1. The first-order valence-corrected chi connectivity index (χ1v) is 9.83. The van der Waals surface area contributed by atoms with E-state index in [0.29, 0.717) is 32.8 Å². The molecule has 7 nitrogen and oxygen atoms in total. The third kappa shape index (κ3) is 3.93. The van der Waals surface area contributed by atoms with E-state index in [1.807, 2.05) is 32.0 Å². The lowest BCUT2D eigenvalue weighted by Crippen LogP contribution is -2.61. The average molecular weight is 384 g/mol. The van der Waals surface area contributed by atoms with E-state index in [2.05, 4.69) is 24.4 Å². The molecule has 0 saturated heterocycles. The third-order valence-corrected chi connectivity index (χ3v) is 5.18. The van der Waals surface area contributed by atoms with Crippen LogP contribution < -0.4 is 21.5 Å². The molecule has 3 rings (SSSR count). The highest BCUT2D eigenvalue weighted by molar-refractivity contribution is 6.05. The molecule has 1 aliphatic rings. The molecule has 28 heavy (non-hydrogen) atoms. The number of ether oxygens (including phenoxy) is 1. The van der Waals surface area contributed by atoms with Crippen molar-refractivity contribution in [2.75, 3.05) is 31.6 Å². The van der Waals surface area contributed by atoms with Gasteiger partial charge in [-0.3, -0.25) is 0 Å². The van der Waals surface area contributed by atoms with Gasteiger partial charge in [-0.15, -0.1) is 0 Å². The summed E-state index contributed by atoms with van der Waals surface area (Å²) in [5.74, 6) is 8.46. The summed E-state index contributed by atoms with van der Waals surface area (Å²) in [6, 6.07) is 10.2. The first kappa shape index (κ1) is 20.4. The fourth-order valence-corrected chi connectivity index (χ4v) is 3.53. The number of amidine groups is 1. The first-order valence-electron chi connectivity index (χ1n) is 9.83. The standard InChI is InChI=1S/C21H31N6O/c1-4-28-14-18-26-19-20(27(18,23)12-8-11-22)15(2)16(3)25-21(19)24-13-17-9-6-5-7-10-17/h5-7,9-10H,4,8,11-14,22-23H2,1-3H3,(H,24,25)/q+1. The Hall–Kier alpha value is -2.32. The highest BCUT2D eigenvalue weighted by Crippen LogP contribution is 2.46. The van der Waals surface area contributed by atoms with Crippen LogP contribution in [0.5, 0.6) is 0 Å². The Bertz CT molecular complexity index is 852. The third-order valence-electron chi connectivity index (χ3n) is 5.18. The minimum atomic E-state index is 0.141. The van der Waals surface area contributed by atoms with Gasteiger partial charge in [0.2, 0.25) is 0 Å². The molecule has 7 heteroatoms. The van der Waals surface area contributed by atoms with Crippen molar-refractivity contribution in [3.63, 3.8) is 0 Å². The van der Waals surface area contributed by atoms with Gasteiger partial charge in [-0.1, -0.05) is 30.3 Å². The van der Waals surface area contributed by atoms with Crippen molar-refractivity contribution in [2.24, 2.45) is 16.6 Å². The topological polar surface area (TPSA) is 98.5 Å². The van der Waals surface area contributed by atoms with E-state index in [9.17, 15) is 0 Å². The van der Waals surface area contributed by atoms with Gasteiger partial charge in [-0.05, 0) is 32.9 Å². The number of nitrogens with two attached hydrogens (primary N) is 2. The van der Waals surface area contributed by atoms with Crippen LogP contribution in [0.3, 0.4) is 0 Å². The summed E-state index contributed by atoms with van der Waals surface area (Å²) in [5, 5.41) is 3.45. The number of hydrogen-bond donors (Lipinski definition) is 3. The molecule has 1 atom stereocenters. The molecule has 5 N–H and O–H groups in total. The number of nitrogens with zero attached hydrogens (tertiary/aromatic N) is 3. The molecule has 1 aromatic heterocycles. The van der Waals surface area contributed by atoms with Crippen molar-refractivity contribution in [2.45, 2.75) is 33.7 Å². The van der Waals surface area contributed by atoms with E-state index < -0.39 is 0 Å². The maximum atomic E-state index is 6.90. The van der Waals surface area contributed by atoms with Crippen LogP contribution in [0.15, 0.2) is 35.3 Å². The number of aryl methyl sites for hydroxylation is 1. The number of benzene rings is 1. The van der Waals surface area contributed by atoms with Crippen LogP contribution in [0, 0.1) is 13.8 Å². The van der Waals surface area contributed by atoms with Crippen molar-refractivity contribution in [3.8, 4) is 0 Å². The number of hydrogen-bond acceptors (Lipinski definition) is 6. The largest absolute Gasteiger partial charge is 0.369 e. The van der Waals surface area contributed by atoms with Gasteiger partial charge in [0, 0.05) is 30.8 Å². The van der Waals surface area contributed by atoms with Gasteiger partial charge in [-0.25, -0.2) is 4.98 Å². The van der Waals surface area contributed by atoms with Crippen LogP contribution in [-0.2, 0) is 11.3 Å². The van der Waals surface area contributed by atoms with Crippen molar-refractivity contribution in [3.05, 3.63) is 47.2 Å². The average Bonchev–Trinajstić information content (AvgIpc) is 3.00. The summed E-state index contributed by atoms with van der Waals surface area (Å²) in [7, 11) is 0. The van der Waals surface area contributed by atoms with Gasteiger partial charge in [0.05, 0.1) is 0 Å². The lowest BCUT2D eigenvalue weighted by molar-refractivity contribution is 0.178. The van der Waals surface area contributed by atoms with Crippen molar-refractivity contribution in [1.29, 1.82) is 0 Å². The molecule has 2 heterocycles. The first-order chi connectivity index (χ1) is 13.5. The normalized spacial score (nSPS) is 18.1. The smallest absolute Gasteiger partial charge is 0.254 e. The van der Waals surface area contributed by atoms with Crippen LogP contribution in [0.2, 0.25) is 0 Å². The van der Waals surface area contributed by atoms with E-state index in [0.717, 1.165) is 40.7 Å². The van der Waals surface area contributed by atoms with E-state index in [4.69, 9.17) is 26.3 Å². The van der Waals surface area contributed by atoms with Gasteiger partial charge in [0.25, 0.3) is 5.84 Å². The van der Waals surface area contributed by atoms with Gasteiger partial charge in [-0.2, -0.15) is 15.4 Å². The summed E-state index contributed by atoms with van der Waals surface area (Å²) in [6.07, 6.45) is 0.800. The van der Waals surface area contributed by atoms with Crippen molar-refractivity contribution >= 4 is 23.0 Å². The van der Waals surface area contributed by atoms with E-state index in [1.165, 1.54) is 5.56 Å². The summed E-state index contributed by atoms with van der Waals surface area (Å²) < 4.78 is 5.81. The molecular weight excluding hydrogens is 352 g/mol. The molecule has 1 unspecified atom stereocenters. The van der Waals surface area contributed by atoms with Gasteiger partial charge in [0.15, 0.2) is 17.2 Å². The number of nitrogens with one attached hydrogen (secondary N) is 1. The number of rotatable bonds is 9. The van der Waals surface area contributed by atoms with Crippen LogP contribution >= 0.6 is 0 Å². The lowest BCUT2D eigenvalue weighted by atomic mass is 10.1. The second-order valence-electron chi connectivity index (χ2n) is 7.11. The fraction of sp³-hybridized carbons (Fsp3) is 0.429. The quantitative estimate of drug-likeness (QED) is 0.457. The Balaban J connectivity index is 2.01.